The third-order valence-corrected chi connectivity index (χ3v) is 4.93. The van der Waals surface area contributed by atoms with Gasteiger partial charge in [-0.25, -0.2) is 0 Å². The minimum absolute atomic E-state index is 0.000243. The highest BCUT2D eigenvalue weighted by atomic mass is 35.5. The summed E-state index contributed by atoms with van der Waals surface area (Å²) in [6.07, 6.45) is 0. The Kier molecular flexibility index (Phi) is 6.13. The molecule has 1 aromatic carbocycles. The molecule has 1 aliphatic rings. The molecular formula is C19H24ClN5O2. The van der Waals surface area contributed by atoms with Gasteiger partial charge in [0.1, 0.15) is 5.69 Å². The van der Waals surface area contributed by atoms with Crippen LogP contribution in [0.1, 0.15) is 21.7 Å². The zero-order valence-corrected chi connectivity index (χ0v) is 16.4. The summed E-state index contributed by atoms with van der Waals surface area (Å²) in [6.45, 7) is 5.61. The van der Waals surface area contributed by atoms with E-state index in [1.54, 1.807) is 18.0 Å². The van der Waals surface area contributed by atoms with Gasteiger partial charge in [0.25, 0.3) is 5.91 Å². The first-order chi connectivity index (χ1) is 12.9. The fraction of sp³-hybridized carbons (Fsp3) is 0.421. The second kappa shape index (κ2) is 8.54. The largest absolute Gasteiger partial charge is 0.342 e. The number of nitrogens with one attached hydrogen (secondary N) is 1. The molecule has 2 aromatic rings. The van der Waals surface area contributed by atoms with Crippen molar-refractivity contribution in [3.05, 3.63) is 52.3 Å². The third kappa shape index (κ3) is 5.08. The summed E-state index contributed by atoms with van der Waals surface area (Å²) in [5.41, 5.74) is 2.43. The first-order valence-corrected chi connectivity index (χ1v) is 9.33. The maximum absolute atomic E-state index is 12.4. The summed E-state index contributed by atoms with van der Waals surface area (Å²) in [4.78, 5) is 28.7. The van der Waals surface area contributed by atoms with E-state index in [1.165, 1.54) is 10.2 Å². The van der Waals surface area contributed by atoms with Crippen molar-refractivity contribution in [2.45, 2.75) is 13.5 Å². The van der Waals surface area contributed by atoms with E-state index in [0.29, 0.717) is 18.8 Å². The van der Waals surface area contributed by atoms with Crippen LogP contribution in [0, 0.1) is 6.92 Å². The van der Waals surface area contributed by atoms with Crippen molar-refractivity contribution in [3.8, 4) is 0 Å². The number of halogens is 1. The number of aromatic nitrogens is 2. The first-order valence-electron chi connectivity index (χ1n) is 8.96. The molecule has 0 atom stereocenters. The number of carbonyl (C=O) groups is 2. The van der Waals surface area contributed by atoms with Gasteiger partial charge in [0.15, 0.2) is 0 Å². The lowest BCUT2D eigenvalue weighted by molar-refractivity contribution is -0.131. The van der Waals surface area contributed by atoms with Crippen LogP contribution in [0.25, 0.3) is 0 Å². The minimum Gasteiger partial charge on any atom is -0.342 e. The second-order valence-corrected chi connectivity index (χ2v) is 7.20. The van der Waals surface area contributed by atoms with Crippen molar-refractivity contribution in [1.29, 1.82) is 0 Å². The lowest BCUT2D eigenvalue weighted by Gasteiger charge is -2.34. The van der Waals surface area contributed by atoms with Gasteiger partial charge in [0, 0.05) is 44.8 Å². The molecule has 0 radical (unpaired) electrons. The Hall–Kier alpha value is -2.38. The molecule has 3 rings (SSSR count). The van der Waals surface area contributed by atoms with E-state index < -0.39 is 0 Å². The third-order valence-electron chi connectivity index (χ3n) is 4.68. The van der Waals surface area contributed by atoms with Gasteiger partial charge in [-0.2, -0.15) is 5.10 Å². The van der Waals surface area contributed by atoms with E-state index in [4.69, 9.17) is 11.6 Å². The maximum atomic E-state index is 12.4. The van der Waals surface area contributed by atoms with Crippen LogP contribution in [-0.2, 0) is 18.4 Å². The normalized spacial score (nSPS) is 15.0. The number of nitrogens with zero attached hydrogens (tertiary/aromatic N) is 4. The van der Waals surface area contributed by atoms with Crippen LogP contribution < -0.4 is 5.32 Å². The van der Waals surface area contributed by atoms with Crippen molar-refractivity contribution >= 4 is 23.4 Å². The monoisotopic (exact) mass is 389 g/mol. The van der Waals surface area contributed by atoms with Gasteiger partial charge >= 0.3 is 0 Å². The summed E-state index contributed by atoms with van der Waals surface area (Å²) in [7, 11) is 1.71. The molecular weight excluding hydrogens is 366 g/mol. The SMILES string of the molecule is Cc1cc(C(=O)NCC(=O)N2CCN(Cc3ccc(Cl)cc3)CC2)n(C)n1. The van der Waals surface area contributed by atoms with Crippen molar-refractivity contribution in [1.82, 2.24) is 24.9 Å². The van der Waals surface area contributed by atoms with Crippen molar-refractivity contribution < 1.29 is 9.59 Å². The quantitative estimate of drug-likeness (QED) is 0.840. The van der Waals surface area contributed by atoms with Gasteiger partial charge in [0.05, 0.1) is 12.2 Å². The molecule has 2 amide bonds. The molecule has 0 aliphatic carbocycles. The average molecular weight is 390 g/mol. The number of piperazine rings is 1. The Morgan fingerprint density at radius 2 is 1.81 bits per heavy atom. The number of hydrogen-bond donors (Lipinski definition) is 1. The molecule has 8 heteroatoms. The lowest BCUT2D eigenvalue weighted by atomic mass is 10.2. The Labute approximate surface area is 163 Å². The van der Waals surface area contributed by atoms with Crippen LogP contribution in [0.5, 0.6) is 0 Å². The lowest BCUT2D eigenvalue weighted by Crippen LogP contribution is -2.50. The summed E-state index contributed by atoms with van der Waals surface area (Å²) in [5, 5.41) is 7.57. The molecule has 0 saturated carbocycles. The van der Waals surface area contributed by atoms with Gasteiger partial charge in [0.2, 0.25) is 5.91 Å². The number of carbonyl (C=O) groups excluding carboxylic acids is 2. The zero-order valence-electron chi connectivity index (χ0n) is 15.6. The molecule has 1 fully saturated rings. The topological polar surface area (TPSA) is 70.5 Å². The average Bonchev–Trinajstić information content (AvgIpc) is 3.00. The Morgan fingerprint density at radius 1 is 1.15 bits per heavy atom. The zero-order chi connectivity index (χ0) is 19.4. The van der Waals surface area contributed by atoms with Gasteiger partial charge in [-0.3, -0.25) is 19.2 Å². The van der Waals surface area contributed by atoms with E-state index in [9.17, 15) is 9.59 Å². The minimum atomic E-state index is -0.284. The van der Waals surface area contributed by atoms with E-state index in [1.807, 2.05) is 31.2 Å². The summed E-state index contributed by atoms with van der Waals surface area (Å²) < 4.78 is 1.52. The molecule has 7 nitrogen and oxygen atoms in total. The summed E-state index contributed by atoms with van der Waals surface area (Å²) >= 11 is 5.92. The van der Waals surface area contributed by atoms with Crippen LogP contribution in [-0.4, -0.2) is 64.1 Å². The van der Waals surface area contributed by atoms with Crippen LogP contribution in [0.15, 0.2) is 30.3 Å². The smallest absolute Gasteiger partial charge is 0.269 e. The second-order valence-electron chi connectivity index (χ2n) is 6.76. The first kappa shape index (κ1) is 19.4. The van der Waals surface area contributed by atoms with E-state index >= 15 is 0 Å². The van der Waals surface area contributed by atoms with E-state index in [0.717, 1.165) is 30.4 Å². The van der Waals surface area contributed by atoms with Crippen LogP contribution >= 0.6 is 11.6 Å². The van der Waals surface area contributed by atoms with Crippen LogP contribution in [0.2, 0.25) is 5.02 Å². The Morgan fingerprint density at radius 3 is 2.41 bits per heavy atom. The van der Waals surface area contributed by atoms with Gasteiger partial charge in [-0.15, -0.1) is 0 Å². The number of amides is 2. The van der Waals surface area contributed by atoms with Crippen molar-refractivity contribution in [3.63, 3.8) is 0 Å². The van der Waals surface area contributed by atoms with Crippen LogP contribution in [0.4, 0.5) is 0 Å². The molecule has 2 heterocycles. The number of benzene rings is 1. The molecule has 0 bridgehead atoms. The highest BCUT2D eigenvalue weighted by Gasteiger charge is 2.22. The molecule has 1 aromatic heterocycles. The highest BCUT2D eigenvalue weighted by Crippen LogP contribution is 2.13. The molecule has 1 aliphatic heterocycles. The van der Waals surface area contributed by atoms with Crippen LogP contribution in [0.3, 0.4) is 0 Å². The van der Waals surface area contributed by atoms with Crippen molar-refractivity contribution in [2.24, 2.45) is 7.05 Å². The molecule has 1 N–H and O–H groups in total. The van der Waals surface area contributed by atoms with Gasteiger partial charge < -0.3 is 10.2 Å². The van der Waals surface area contributed by atoms with E-state index in [2.05, 4.69) is 15.3 Å². The number of rotatable bonds is 5. The maximum Gasteiger partial charge on any atom is 0.269 e. The Balaban J connectivity index is 1.43. The Bertz CT molecular complexity index is 810. The standard InChI is InChI=1S/C19H24ClN5O2/c1-14-11-17(23(2)22-14)19(27)21-12-18(26)25-9-7-24(8-10-25)13-15-3-5-16(20)6-4-15/h3-6,11H,7-10,12-13H2,1-2H3,(H,21,27). The predicted octanol–water partition coefficient (Wildman–Crippen LogP) is 1.46. The number of aryl methyl sites for hydroxylation is 2. The van der Waals surface area contributed by atoms with Crippen molar-refractivity contribution in [2.75, 3.05) is 32.7 Å². The fourth-order valence-electron chi connectivity index (χ4n) is 3.18. The number of hydrogen-bond acceptors (Lipinski definition) is 4. The van der Waals surface area contributed by atoms with E-state index in [-0.39, 0.29) is 18.4 Å². The highest BCUT2D eigenvalue weighted by molar-refractivity contribution is 6.30. The summed E-state index contributed by atoms with van der Waals surface area (Å²) in [5.74, 6) is -0.346. The predicted molar refractivity (Wildman–Crippen MR) is 104 cm³/mol. The molecule has 27 heavy (non-hydrogen) atoms. The summed E-state index contributed by atoms with van der Waals surface area (Å²) in [6, 6.07) is 9.53. The van der Waals surface area contributed by atoms with Gasteiger partial charge in [-0.1, -0.05) is 23.7 Å². The van der Waals surface area contributed by atoms with Gasteiger partial charge in [-0.05, 0) is 30.7 Å². The molecule has 0 spiro atoms. The molecule has 0 unspecified atom stereocenters. The molecule has 1 saturated heterocycles. The fourth-order valence-corrected chi connectivity index (χ4v) is 3.31. The molecule has 144 valence electrons.